The van der Waals surface area contributed by atoms with Crippen molar-refractivity contribution in [2.75, 3.05) is 0 Å². The Morgan fingerprint density at radius 3 is 2.65 bits per heavy atom. The van der Waals surface area contributed by atoms with Crippen LogP contribution in [0.25, 0.3) is 22.3 Å². The van der Waals surface area contributed by atoms with Gasteiger partial charge in [0, 0.05) is 30.7 Å². The molecule has 3 aromatic heterocycles. The third-order valence-corrected chi connectivity index (χ3v) is 3.27. The molecule has 0 radical (unpaired) electrons. The molecule has 0 aliphatic rings. The summed E-state index contributed by atoms with van der Waals surface area (Å²) in [5.74, 6) is 0.526. The Bertz CT molecular complexity index is 736. The molecule has 20 heavy (non-hydrogen) atoms. The van der Waals surface area contributed by atoms with E-state index in [1.54, 1.807) is 12.4 Å². The van der Waals surface area contributed by atoms with Crippen molar-refractivity contribution < 1.29 is 0 Å². The normalized spacial score (nSPS) is 11.4. The van der Waals surface area contributed by atoms with E-state index >= 15 is 0 Å². The average molecular weight is 288 g/mol. The zero-order chi connectivity index (χ0) is 14.1. The second-order valence-corrected chi connectivity index (χ2v) is 5.52. The molecule has 0 atom stereocenters. The summed E-state index contributed by atoms with van der Waals surface area (Å²) in [7, 11) is 0. The molecule has 0 saturated heterocycles. The molecular weight excluding hydrogens is 274 g/mol. The first kappa shape index (κ1) is 13.0. The predicted octanol–water partition coefficient (Wildman–Crippen LogP) is 3.20. The Morgan fingerprint density at radius 1 is 1.20 bits per heavy atom. The predicted molar refractivity (Wildman–Crippen MR) is 78.4 cm³/mol. The Kier molecular flexibility index (Phi) is 3.36. The maximum Gasteiger partial charge on any atom is 0.129 e. The molecule has 0 unspecified atom stereocenters. The van der Waals surface area contributed by atoms with Gasteiger partial charge in [0.15, 0.2) is 0 Å². The van der Waals surface area contributed by atoms with Gasteiger partial charge in [-0.25, -0.2) is 9.97 Å². The largest absolute Gasteiger partial charge is 0.344 e. The van der Waals surface area contributed by atoms with Crippen LogP contribution in [0.2, 0.25) is 5.02 Å². The van der Waals surface area contributed by atoms with Gasteiger partial charge >= 0.3 is 0 Å². The van der Waals surface area contributed by atoms with E-state index in [1.165, 1.54) is 6.33 Å². The van der Waals surface area contributed by atoms with Crippen molar-refractivity contribution in [3.63, 3.8) is 0 Å². The van der Waals surface area contributed by atoms with E-state index in [2.05, 4.69) is 38.6 Å². The van der Waals surface area contributed by atoms with Gasteiger partial charge in [-0.05, 0) is 12.0 Å². The van der Waals surface area contributed by atoms with Crippen LogP contribution in [-0.2, 0) is 6.54 Å². The summed E-state index contributed by atoms with van der Waals surface area (Å²) in [5.41, 5.74) is 3.30. The number of hydrogen-bond donors (Lipinski definition) is 0. The van der Waals surface area contributed by atoms with Crippen LogP contribution >= 0.6 is 11.6 Å². The van der Waals surface area contributed by atoms with Gasteiger partial charge in [0.05, 0.1) is 16.2 Å². The molecule has 0 fully saturated rings. The van der Waals surface area contributed by atoms with Crippen molar-refractivity contribution in [2.24, 2.45) is 5.92 Å². The quantitative estimate of drug-likeness (QED) is 0.742. The molecular formula is C14H14ClN5. The van der Waals surface area contributed by atoms with Gasteiger partial charge in [-0.3, -0.25) is 0 Å². The number of aromatic nitrogens is 5. The van der Waals surface area contributed by atoms with Crippen molar-refractivity contribution >= 4 is 22.6 Å². The lowest BCUT2D eigenvalue weighted by atomic mass is 10.2. The number of halogens is 1. The van der Waals surface area contributed by atoms with Gasteiger partial charge in [-0.15, -0.1) is 10.2 Å². The minimum atomic E-state index is 0.526. The second kappa shape index (κ2) is 5.17. The standard InChI is InChI=1S/C14H14ClN5/c1-9(2)6-20-7-11(15)14-13(20)3-12(18-19-14)10-4-16-8-17-5-10/h3-5,7-9H,6H2,1-2H3. The minimum Gasteiger partial charge on any atom is -0.344 e. The lowest BCUT2D eigenvalue weighted by Gasteiger charge is -2.08. The molecule has 3 rings (SSSR count). The topological polar surface area (TPSA) is 56.5 Å². The third kappa shape index (κ3) is 2.36. The van der Waals surface area contributed by atoms with E-state index < -0.39 is 0 Å². The van der Waals surface area contributed by atoms with Crippen LogP contribution < -0.4 is 0 Å². The van der Waals surface area contributed by atoms with E-state index in [9.17, 15) is 0 Å². The van der Waals surface area contributed by atoms with Gasteiger partial charge in [-0.2, -0.15) is 0 Å². The van der Waals surface area contributed by atoms with Crippen molar-refractivity contribution in [2.45, 2.75) is 20.4 Å². The fourth-order valence-electron chi connectivity index (χ4n) is 2.16. The van der Waals surface area contributed by atoms with Crippen LogP contribution in [0.5, 0.6) is 0 Å². The monoisotopic (exact) mass is 287 g/mol. The van der Waals surface area contributed by atoms with Gasteiger partial charge in [-0.1, -0.05) is 25.4 Å². The highest BCUT2D eigenvalue weighted by atomic mass is 35.5. The smallest absolute Gasteiger partial charge is 0.129 e. The van der Waals surface area contributed by atoms with Gasteiger partial charge in [0.1, 0.15) is 11.8 Å². The minimum absolute atomic E-state index is 0.526. The lowest BCUT2D eigenvalue weighted by molar-refractivity contribution is 0.535. The average Bonchev–Trinajstić information content (AvgIpc) is 2.75. The maximum atomic E-state index is 6.21. The van der Waals surface area contributed by atoms with E-state index in [0.717, 1.165) is 28.8 Å². The van der Waals surface area contributed by atoms with Crippen molar-refractivity contribution in [3.8, 4) is 11.3 Å². The molecule has 0 aliphatic carbocycles. The van der Waals surface area contributed by atoms with Crippen LogP contribution in [0.1, 0.15) is 13.8 Å². The van der Waals surface area contributed by atoms with Crippen LogP contribution in [0, 0.1) is 5.92 Å². The van der Waals surface area contributed by atoms with Crippen LogP contribution in [-0.4, -0.2) is 24.7 Å². The highest BCUT2D eigenvalue weighted by Crippen LogP contribution is 2.27. The molecule has 3 heterocycles. The first-order valence-electron chi connectivity index (χ1n) is 6.42. The van der Waals surface area contributed by atoms with Crippen molar-refractivity contribution in [3.05, 3.63) is 36.0 Å². The number of fused-ring (bicyclic) bond motifs is 1. The SMILES string of the molecule is CC(C)Cn1cc(Cl)c2nnc(-c3cncnc3)cc21. The summed E-state index contributed by atoms with van der Waals surface area (Å²) < 4.78 is 2.12. The Morgan fingerprint density at radius 2 is 1.95 bits per heavy atom. The molecule has 0 saturated carbocycles. The zero-order valence-corrected chi connectivity index (χ0v) is 12.0. The van der Waals surface area contributed by atoms with Gasteiger partial charge < -0.3 is 4.57 Å². The highest BCUT2D eigenvalue weighted by molar-refractivity contribution is 6.35. The summed E-state index contributed by atoms with van der Waals surface area (Å²) in [5, 5.41) is 9.06. The Hall–Kier alpha value is -2.01. The first-order valence-corrected chi connectivity index (χ1v) is 6.80. The molecule has 0 aliphatic heterocycles. The Balaban J connectivity index is 2.14. The second-order valence-electron chi connectivity index (χ2n) is 5.11. The molecule has 3 aromatic rings. The molecule has 0 amide bonds. The lowest BCUT2D eigenvalue weighted by Crippen LogP contribution is -2.03. The fraction of sp³-hybridized carbons (Fsp3) is 0.286. The van der Waals surface area contributed by atoms with Crippen LogP contribution in [0.3, 0.4) is 0 Å². The van der Waals surface area contributed by atoms with Gasteiger partial charge in [0.25, 0.3) is 0 Å². The van der Waals surface area contributed by atoms with E-state index in [1.807, 2.05) is 12.3 Å². The third-order valence-electron chi connectivity index (χ3n) is 3.00. The summed E-state index contributed by atoms with van der Waals surface area (Å²) in [6.45, 7) is 5.22. The van der Waals surface area contributed by atoms with Crippen molar-refractivity contribution in [1.82, 2.24) is 24.7 Å². The van der Waals surface area contributed by atoms with Gasteiger partial charge in [0.2, 0.25) is 0 Å². The zero-order valence-electron chi connectivity index (χ0n) is 11.3. The summed E-state index contributed by atoms with van der Waals surface area (Å²) >= 11 is 6.21. The molecule has 0 bridgehead atoms. The molecule has 102 valence electrons. The Labute approximate surface area is 121 Å². The van der Waals surface area contributed by atoms with E-state index in [0.29, 0.717) is 10.9 Å². The van der Waals surface area contributed by atoms with Crippen molar-refractivity contribution in [1.29, 1.82) is 0 Å². The summed E-state index contributed by atoms with van der Waals surface area (Å²) in [4.78, 5) is 8.01. The first-order chi connectivity index (χ1) is 9.65. The van der Waals surface area contributed by atoms with E-state index in [-0.39, 0.29) is 0 Å². The highest BCUT2D eigenvalue weighted by Gasteiger charge is 2.12. The molecule has 0 N–H and O–H groups in total. The summed E-state index contributed by atoms with van der Waals surface area (Å²) in [6.07, 6.45) is 6.85. The molecule has 0 aromatic carbocycles. The fourth-order valence-corrected chi connectivity index (χ4v) is 2.41. The molecule has 0 spiro atoms. The van der Waals surface area contributed by atoms with E-state index in [4.69, 9.17) is 11.6 Å². The maximum absolute atomic E-state index is 6.21. The van der Waals surface area contributed by atoms with Crippen LogP contribution in [0.15, 0.2) is 31.0 Å². The molecule has 5 nitrogen and oxygen atoms in total. The number of rotatable bonds is 3. The number of nitrogens with zero attached hydrogens (tertiary/aromatic N) is 5. The summed E-state index contributed by atoms with van der Waals surface area (Å²) in [6, 6.07) is 1.98. The van der Waals surface area contributed by atoms with Crippen LogP contribution in [0.4, 0.5) is 0 Å². The number of hydrogen-bond acceptors (Lipinski definition) is 4. The molecule has 6 heteroatoms.